The fraction of sp³-hybridized carbons (Fsp3) is 0.636. The van der Waals surface area contributed by atoms with Gasteiger partial charge in [-0.25, -0.2) is 0 Å². The first-order valence-corrected chi connectivity index (χ1v) is 5.02. The molecule has 0 bridgehead atoms. The van der Waals surface area contributed by atoms with Gasteiger partial charge >= 0.3 is 0 Å². The lowest BCUT2D eigenvalue weighted by atomic mass is 9.94. The Hall–Kier alpha value is -0.720. The fourth-order valence-corrected chi connectivity index (χ4v) is 2.13. The Labute approximate surface area is 74.2 Å². The SMILES string of the molecule is [c]1[nH]ccc1C1CCCCCC1. The largest absolute Gasteiger partial charge is 0.360 e. The summed E-state index contributed by atoms with van der Waals surface area (Å²) in [7, 11) is 0. The molecule has 1 nitrogen and oxygen atoms in total. The molecule has 0 aliphatic heterocycles. The molecule has 12 heavy (non-hydrogen) atoms. The Balaban J connectivity index is 2.02. The molecule has 1 heteroatoms. The van der Waals surface area contributed by atoms with E-state index in [4.69, 9.17) is 0 Å². The first-order valence-electron chi connectivity index (χ1n) is 5.02. The Morgan fingerprint density at radius 2 is 1.92 bits per heavy atom. The van der Waals surface area contributed by atoms with Crippen molar-refractivity contribution in [2.45, 2.75) is 44.4 Å². The van der Waals surface area contributed by atoms with E-state index < -0.39 is 0 Å². The highest BCUT2D eigenvalue weighted by Crippen LogP contribution is 2.30. The second-order valence-corrected chi connectivity index (χ2v) is 3.75. The van der Waals surface area contributed by atoms with Crippen molar-refractivity contribution in [2.24, 2.45) is 0 Å². The number of hydrogen-bond acceptors (Lipinski definition) is 0. The maximum atomic E-state index is 3.21. The maximum Gasteiger partial charge on any atom is 0.0657 e. The summed E-state index contributed by atoms with van der Waals surface area (Å²) in [6.07, 6.45) is 13.6. The van der Waals surface area contributed by atoms with Gasteiger partial charge in [0.05, 0.1) is 6.20 Å². The van der Waals surface area contributed by atoms with E-state index in [1.807, 2.05) is 6.20 Å². The van der Waals surface area contributed by atoms with Crippen LogP contribution in [-0.2, 0) is 0 Å². The summed E-state index contributed by atoms with van der Waals surface area (Å²) < 4.78 is 0. The van der Waals surface area contributed by atoms with Crippen LogP contribution in [0.3, 0.4) is 0 Å². The minimum absolute atomic E-state index is 0.791. The van der Waals surface area contributed by atoms with Crippen LogP contribution in [0, 0.1) is 6.20 Å². The third-order valence-corrected chi connectivity index (χ3v) is 2.86. The van der Waals surface area contributed by atoms with Crippen molar-refractivity contribution in [3.8, 4) is 0 Å². The molecular weight excluding hydrogens is 146 g/mol. The van der Waals surface area contributed by atoms with Crippen molar-refractivity contribution in [3.63, 3.8) is 0 Å². The van der Waals surface area contributed by atoms with Gasteiger partial charge in [-0.05, 0) is 30.4 Å². The molecule has 65 valence electrons. The third kappa shape index (κ3) is 1.71. The number of rotatable bonds is 1. The highest BCUT2D eigenvalue weighted by atomic mass is 14.6. The van der Waals surface area contributed by atoms with Crippen molar-refractivity contribution < 1.29 is 0 Å². The second kappa shape index (κ2) is 3.79. The van der Waals surface area contributed by atoms with Crippen LogP contribution in [-0.4, -0.2) is 4.98 Å². The van der Waals surface area contributed by atoms with E-state index in [0.29, 0.717) is 0 Å². The highest BCUT2D eigenvalue weighted by molar-refractivity contribution is 5.13. The summed E-state index contributed by atoms with van der Waals surface area (Å²) >= 11 is 0. The molecule has 0 aromatic carbocycles. The fourth-order valence-electron chi connectivity index (χ4n) is 2.13. The Kier molecular flexibility index (Phi) is 2.50. The maximum absolute atomic E-state index is 3.21. The van der Waals surface area contributed by atoms with Gasteiger partial charge in [0.1, 0.15) is 0 Å². The van der Waals surface area contributed by atoms with E-state index in [1.165, 1.54) is 44.1 Å². The normalized spacial score (nSPS) is 20.7. The lowest BCUT2D eigenvalue weighted by molar-refractivity contribution is 0.592. The first kappa shape index (κ1) is 7.90. The average Bonchev–Trinajstić information content (AvgIpc) is 2.48. The molecule has 1 aromatic rings. The molecule has 1 saturated carbocycles. The molecule has 1 aliphatic rings. The quantitative estimate of drug-likeness (QED) is 0.610. The Morgan fingerprint density at radius 3 is 2.50 bits per heavy atom. The molecule has 1 radical (unpaired) electrons. The number of aromatic amines is 1. The summed E-state index contributed by atoms with van der Waals surface area (Å²) in [5.41, 5.74) is 1.40. The zero-order valence-corrected chi connectivity index (χ0v) is 7.47. The highest BCUT2D eigenvalue weighted by Gasteiger charge is 2.14. The second-order valence-electron chi connectivity index (χ2n) is 3.75. The van der Waals surface area contributed by atoms with Crippen LogP contribution in [0.15, 0.2) is 12.3 Å². The van der Waals surface area contributed by atoms with E-state index in [1.54, 1.807) is 0 Å². The van der Waals surface area contributed by atoms with E-state index in [2.05, 4.69) is 17.2 Å². The molecule has 1 aromatic heterocycles. The first-order chi connectivity index (χ1) is 5.97. The minimum Gasteiger partial charge on any atom is -0.360 e. The van der Waals surface area contributed by atoms with Gasteiger partial charge in [0, 0.05) is 6.20 Å². The number of aromatic nitrogens is 1. The van der Waals surface area contributed by atoms with Crippen LogP contribution < -0.4 is 0 Å². The van der Waals surface area contributed by atoms with Crippen LogP contribution in [0.1, 0.15) is 50.0 Å². The van der Waals surface area contributed by atoms with Gasteiger partial charge in [-0.15, -0.1) is 0 Å². The van der Waals surface area contributed by atoms with Gasteiger partial charge in [-0.2, -0.15) is 0 Å². The molecule has 0 unspecified atom stereocenters. The lowest BCUT2D eigenvalue weighted by Crippen LogP contribution is -1.94. The van der Waals surface area contributed by atoms with Crippen molar-refractivity contribution in [2.75, 3.05) is 0 Å². The molecule has 0 saturated heterocycles. The molecule has 1 fully saturated rings. The van der Waals surface area contributed by atoms with Crippen LogP contribution >= 0.6 is 0 Å². The Bertz CT molecular complexity index is 205. The average molecular weight is 162 g/mol. The molecule has 1 heterocycles. The molecule has 0 spiro atoms. The summed E-state index contributed by atoms with van der Waals surface area (Å²) in [6.45, 7) is 0. The number of nitrogens with one attached hydrogen (secondary N) is 1. The zero-order valence-electron chi connectivity index (χ0n) is 7.47. The number of H-pyrrole nitrogens is 1. The van der Waals surface area contributed by atoms with Crippen molar-refractivity contribution in [1.82, 2.24) is 4.98 Å². The summed E-state index contributed by atoms with van der Waals surface area (Å²) in [6, 6.07) is 2.18. The van der Waals surface area contributed by atoms with Gasteiger partial charge in [0.15, 0.2) is 0 Å². The van der Waals surface area contributed by atoms with Gasteiger partial charge < -0.3 is 4.98 Å². The topological polar surface area (TPSA) is 15.8 Å². The van der Waals surface area contributed by atoms with Gasteiger partial charge in [0.25, 0.3) is 0 Å². The molecule has 0 atom stereocenters. The van der Waals surface area contributed by atoms with Gasteiger partial charge in [0.2, 0.25) is 0 Å². The van der Waals surface area contributed by atoms with Crippen molar-refractivity contribution in [3.05, 3.63) is 24.0 Å². The standard InChI is InChI=1S/C11H16N/c1-2-4-6-10(5-3-1)11-7-8-12-9-11/h7-8,10,12H,1-6H2. The molecule has 0 amide bonds. The van der Waals surface area contributed by atoms with Crippen molar-refractivity contribution in [1.29, 1.82) is 0 Å². The van der Waals surface area contributed by atoms with E-state index in [-0.39, 0.29) is 0 Å². The number of hydrogen-bond donors (Lipinski definition) is 1. The van der Waals surface area contributed by atoms with Gasteiger partial charge in [-0.3, -0.25) is 0 Å². The van der Waals surface area contributed by atoms with E-state index in [0.717, 1.165) is 5.92 Å². The van der Waals surface area contributed by atoms with E-state index in [9.17, 15) is 0 Å². The van der Waals surface area contributed by atoms with E-state index >= 15 is 0 Å². The molecule has 1 aliphatic carbocycles. The molecule has 1 N–H and O–H groups in total. The zero-order chi connectivity index (χ0) is 8.23. The predicted octanol–water partition coefficient (Wildman–Crippen LogP) is 3.25. The lowest BCUT2D eigenvalue weighted by Gasteiger charge is -2.10. The monoisotopic (exact) mass is 162 g/mol. The third-order valence-electron chi connectivity index (χ3n) is 2.86. The summed E-state index contributed by atoms with van der Waals surface area (Å²) in [5.74, 6) is 0.791. The smallest absolute Gasteiger partial charge is 0.0657 e. The Morgan fingerprint density at radius 1 is 1.17 bits per heavy atom. The molecular formula is C11H16N. The minimum atomic E-state index is 0.791. The predicted molar refractivity (Wildman–Crippen MR) is 50.1 cm³/mol. The van der Waals surface area contributed by atoms with Crippen LogP contribution in [0.25, 0.3) is 0 Å². The van der Waals surface area contributed by atoms with Crippen LogP contribution in [0.4, 0.5) is 0 Å². The van der Waals surface area contributed by atoms with Gasteiger partial charge in [-0.1, -0.05) is 25.7 Å². The van der Waals surface area contributed by atoms with Crippen molar-refractivity contribution >= 4 is 0 Å². The van der Waals surface area contributed by atoms with Crippen LogP contribution in [0.2, 0.25) is 0 Å². The summed E-state index contributed by atoms with van der Waals surface area (Å²) in [5, 5.41) is 0. The van der Waals surface area contributed by atoms with Crippen LogP contribution in [0.5, 0.6) is 0 Å². The molecule has 2 rings (SSSR count). The summed E-state index contributed by atoms with van der Waals surface area (Å²) in [4.78, 5) is 3.02.